The van der Waals surface area contributed by atoms with Crippen LogP contribution in [0.15, 0.2) is 200 Å². The minimum absolute atomic E-state index is 0.0193. The van der Waals surface area contributed by atoms with Gasteiger partial charge in [-0.3, -0.25) is 0 Å². The fourth-order valence-electron chi connectivity index (χ4n) is 9.02. The number of hydrogen-bond acceptors (Lipinski definition) is 2. The molecule has 3 heteroatoms. The Bertz CT molecular complexity index is 3100. The summed E-state index contributed by atoms with van der Waals surface area (Å²) < 4.78 is 2.37. The first kappa shape index (κ1) is 33.9. The van der Waals surface area contributed by atoms with Gasteiger partial charge in [-0.15, -0.1) is 0 Å². The van der Waals surface area contributed by atoms with Crippen molar-refractivity contribution in [2.75, 3.05) is 0 Å². The van der Waals surface area contributed by atoms with E-state index in [0.29, 0.717) is 5.82 Å². The largest absolute Gasteiger partial charge is 0.309 e. The molecule has 0 N–H and O–H groups in total. The Morgan fingerprint density at radius 1 is 0.362 bits per heavy atom. The molecule has 58 heavy (non-hydrogen) atoms. The molecule has 0 amide bonds. The fourth-order valence-corrected chi connectivity index (χ4v) is 9.02. The summed E-state index contributed by atoms with van der Waals surface area (Å²) >= 11 is 0. The number of benzene rings is 8. The smallest absolute Gasteiger partial charge is 0.160 e. The lowest BCUT2D eigenvalue weighted by Gasteiger charge is -2.22. The molecule has 10 aromatic rings. The van der Waals surface area contributed by atoms with Crippen LogP contribution in [-0.2, 0) is 5.41 Å². The van der Waals surface area contributed by atoms with Gasteiger partial charge in [-0.25, -0.2) is 9.97 Å². The van der Waals surface area contributed by atoms with E-state index in [1.165, 1.54) is 66.3 Å². The number of nitrogens with zero attached hydrogens (tertiary/aromatic N) is 3. The standard InChI is InChI=1S/C55H39N3/c1-55(2)48-19-11-9-17-44(48)45-31-27-42(34-49(45)55)37-23-21-36(22-24-37)41-28-32-53-47(33-41)46-18-10-12-20-52(46)58(53)43-29-25-39(26-30-43)51-35-50(38-13-5-3-6-14-38)56-54(57-51)40-15-7-4-8-16-40/h3-35H,1-2H3. The second kappa shape index (κ2) is 13.4. The molecule has 1 aliphatic carbocycles. The van der Waals surface area contributed by atoms with Crippen LogP contribution in [-0.4, -0.2) is 14.5 Å². The second-order valence-corrected chi connectivity index (χ2v) is 15.8. The molecule has 0 spiro atoms. The quantitative estimate of drug-likeness (QED) is 0.170. The van der Waals surface area contributed by atoms with Crippen molar-refractivity contribution in [2.24, 2.45) is 0 Å². The number of hydrogen-bond donors (Lipinski definition) is 0. The third-order valence-electron chi connectivity index (χ3n) is 12.1. The van der Waals surface area contributed by atoms with Crippen molar-refractivity contribution in [3.8, 4) is 73.0 Å². The molecule has 2 heterocycles. The predicted octanol–water partition coefficient (Wildman–Crippen LogP) is 14.2. The van der Waals surface area contributed by atoms with Crippen molar-refractivity contribution < 1.29 is 0 Å². The third kappa shape index (κ3) is 5.58. The maximum Gasteiger partial charge on any atom is 0.160 e. The van der Waals surface area contributed by atoms with Crippen LogP contribution in [0.4, 0.5) is 0 Å². The summed E-state index contributed by atoms with van der Waals surface area (Å²) in [5.41, 5.74) is 18.7. The first-order valence-corrected chi connectivity index (χ1v) is 20.0. The molecular weight excluding hydrogens is 703 g/mol. The Balaban J connectivity index is 0.933. The minimum Gasteiger partial charge on any atom is -0.309 e. The molecule has 0 unspecified atom stereocenters. The van der Waals surface area contributed by atoms with Gasteiger partial charge in [0.15, 0.2) is 5.82 Å². The van der Waals surface area contributed by atoms with Crippen molar-refractivity contribution in [3.63, 3.8) is 0 Å². The number of rotatable bonds is 6. The van der Waals surface area contributed by atoms with Crippen molar-refractivity contribution in [2.45, 2.75) is 19.3 Å². The highest BCUT2D eigenvalue weighted by Crippen LogP contribution is 2.49. The molecule has 0 fully saturated rings. The molecule has 0 radical (unpaired) electrons. The van der Waals surface area contributed by atoms with Crippen molar-refractivity contribution in [1.29, 1.82) is 0 Å². The van der Waals surface area contributed by atoms with E-state index >= 15 is 0 Å². The molecule has 0 aliphatic heterocycles. The Hall–Kier alpha value is -7.36. The lowest BCUT2D eigenvalue weighted by molar-refractivity contribution is 0.660. The van der Waals surface area contributed by atoms with Crippen LogP contribution < -0.4 is 0 Å². The van der Waals surface area contributed by atoms with Crippen LogP contribution in [0.2, 0.25) is 0 Å². The van der Waals surface area contributed by atoms with E-state index in [9.17, 15) is 0 Å². The average molecular weight is 742 g/mol. The van der Waals surface area contributed by atoms with Gasteiger partial charge in [-0.05, 0) is 87.0 Å². The summed E-state index contributed by atoms with van der Waals surface area (Å²) in [7, 11) is 0. The van der Waals surface area contributed by atoms with Gasteiger partial charge in [-0.2, -0.15) is 0 Å². The monoisotopic (exact) mass is 741 g/mol. The van der Waals surface area contributed by atoms with Crippen molar-refractivity contribution in [1.82, 2.24) is 14.5 Å². The van der Waals surface area contributed by atoms with Gasteiger partial charge in [0.1, 0.15) is 0 Å². The zero-order valence-corrected chi connectivity index (χ0v) is 32.4. The Labute approximate surface area is 338 Å². The van der Waals surface area contributed by atoms with Crippen LogP contribution in [0.5, 0.6) is 0 Å². The van der Waals surface area contributed by atoms with Crippen molar-refractivity contribution in [3.05, 3.63) is 211 Å². The van der Waals surface area contributed by atoms with Gasteiger partial charge in [0, 0.05) is 38.6 Å². The summed E-state index contributed by atoms with van der Waals surface area (Å²) in [6.07, 6.45) is 0. The maximum atomic E-state index is 5.06. The molecule has 274 valence electrons. The molecule has 0 saturated carbocycles. The first-order chi connectivity index (χ1) is 28.5. The topological polar surface area (TPSA) is 30.7 Å². The van der Waals surface area contributed by atoms with Crippen LogP contribution in [0.25, 0.3) is 94.8 Å². The molecular formula is C55H39N3. The minimum atomic E-state index is -0.0193. The molecule has 1 aliphatic rings. The summed E-state index contributed by atoms with van der Waals surface area (Å²) in [5, 5.41) is 2.47. The van der Waals surface area contributed by atoms with Gasteiger partial charge in [-0.1, -0.05) is 172 Å². The van der Waals surface area contributed by atoms with Gasteiger partial charge in [0.2, 0.25) is 0 Å². The van der Waals surface area contributed by atoms with E-state index in [-0.39, 0.29) is 5.41 Å². The predicted molar refractivity (Wildman–Crippen MR) is 241 cm³/mol. The zero-order valence-electron chi connectivity index (χ0n) is 32.4. The van der Waals surface area contributed by atoms with Crippen LogP contribution in [0.1, 0.15) is 25.0 Å². The normalized spacial score (nSPS) is 12.8. The van der Waals surface area contributed by atoms with Gasteiger partial charge in [0.25, 0.3) is 0 Å². The SMILES string of the molecule is CC1(C)c2ccccc2-c2ccc(-c3ccc(-c4ccc5c(c4)c4ccccc4n5-c4ccc(-c5cc(-c6ccccc6)nc(-c6ccccc6)n5)cc4)cc3)cc21. The van der Waals surface area contributed by atoms with Gasteiger partial charge >= 0.3 is 0 Å². The molecule has 0 bridgehead atoms. The lowest BCUT2D eigenvalue weighted by atomic mass is 9.81. The van der Waals surface area contributed by atoms with E-state index in [1.807, 2.05) is 36.4 Å². The molecule has 11 rings (SSSR count). The van der Waals surface area contributed by atoms with Crippen LogP contribution >= 0.6 is 0 Å². The van der Waals surface area contributed by atoms with Gasteiger partial charge in [0.05, 0.1) is 22.4 Å². The highest BCUT2D eigenvalue weighted by molar-refractivity contribution is 6.10. The molecule has 0 atom stereocenters. The van der Waals surface area contributed by atoms with E-state index < -0.39 is 0 Å². The molecule has 0 saturated heterocycles. The van der Waals surface area contributed by atoms with E-state index in [4.69, 9.17) is 9.97 Å². The number of para-hydroxylation sites is 1. The summed E-state index contributed by atoms with van der Waals surface area (Å²) in [6.45, 7) is 4.69. The highest BCUT2D eigenvalue weighted by atomic mass is 15.0. The van der Waals surface area contributed by atoms with E-state index in [1.54, 1.807) is 0 Å². The summed E-state index contributed by atoms with van der Waals surface area (Å²) in [6, 6.07) is 71.9. The second-order valence-electron chi connectivity index (χ2n) is 15.8. The summed E-state index contributed by atoms with van der Waals surface area (Å²) in [5.74, 6) is 0.715. The Kier molecular flexibility index (Phi) is 7.84. The zero-order chi connectivity index (χ0) is 38.8. The third-order valence-corrected chi connectivity index (χ3v) is 12.1. The summed E-state index contributed by atoms with van der Waals surface area (Å²) in [4.78, 5) is 10.0. The van der Waals surface area contributed by atoms with E-state index in [2.05, 4.69) is 182 Å². The van der Waals surface area contributed by atoms with Crippen molar-refractivity contribution >= 4 is 21.8 Å². The number of fused-ring (bicyclic) bond motifs is 6. The molecule has 2 aromatic heterocycles. The Morgan fingerprint density at radius 3 is 1.60 bits per heavy atom. The molecule has 3 nitrogen and oxygen atoms in total. The Morgan fingerprint density at radius 2 is 0.879 bits per heavy atom. The van der Waals surface area contributed by atoms with Crippen LogP contribution in [0, 0.1) is 0 Å². The maximum absolute atomic E-state index is 5.06. The first-order valence-electron chi connectivity index (χ1n) is 20.0. The van der Waals surface area contributed by atoms with E-state index in [0.717, 1.165) is 33.8 Å². The fraction of sp³-hybridized carbons (Fsp3) is 0.0545. The average Bonchev–Trinajstić information content (AvgIpc) is 3.74. The lowest BCUT2D eigenvalue weighted by Crippen LogP contribution is -2.14. The number of aromatic nitrogens is 3. The van der Waals surface area contributed by atoms with Crippen LogP contribution in [0.3, 0.4) is 0 Å². The van der Waals surface area contributed by atoms with Gasteiger partial charge < -0.3 is 4.57 Å². The molecule has 8 aromatic carbocycles. The highest BCUT2D eigenvalue weighted by Gasteiger charge is 2.35.